The van der Waals surface area contributed by atoms with E-state index in [4.69, 9.17) is 16.3 Å². The van der Waals surface area contributed by atoms with E-state index in [2.05, 4.69) is 10.5 Å². The van der Waals surface area contributed by atoms with Crippen LogP contribution < -0.4 is 10.2 Å². The van der Waals surface area contributed by atoms with Crippen LogP contribution in [0.15, 0.2) is 113 Å². The number of carbonyl (C=O) groups excluding carboxylic acids is 1. The van der Waals surface area contributed by atoms with Gasteiger partial charge in [-0.3, -0.25) is 4.79 Å². The topological polar surface area (TPSA) is 88.1 Å². The van der Waals surface area contributed by atoms with Crippen LogP contribution in [-0.4, -0.2) is 31.4 Å². The van der Waals surface area contributed by atoms with Crippen molar-refractivity contribution in [3.8, 4) is 5.75 Å². The molecule has 0 aliphatic carbocycles. The summed E-state index contributed by atoms with van der Waals surface area (Å²) in [7, 11) is -3.99. The molecule has 4 aromatic rings. The van der Waals surface area contributed by atoms with E-state index in [0.717, 1.165) is 21.0 Å². The number of carbonyl (C=O) groups is 1. The van der Waals surface area contributed by atoms with Crippen LogP contribution in [0.3, 0.4) is 0 Å². The molecule has 0 aromatic heterocycles. The summed E-state index contributed by atoms with van der Waals surface area (Å²) in [5.41, 5.74) is 5.73. The minimum Gasteiger partial charge on any atom is -0.489 e. The summed E-state index contributed by atoms with van der Waals surface area (Å²) in [6.45, 7) is 1.82. The first-order valence-electron chi connectivity index (χ1n) is 12.2. The number of nitrogens with one attached hydrogen (secondary N) is 1. The average molecular weight is 562 g/mol. The Kier molecular flexibility index (Phi) is 9.49. The highest BCUT2D eigenvalue weighted by Crippen LogP contribution is 2.22. The molecule has 0 saturated heterocycles. The maximum atomic E-state index is 13.4. The summed E-state index contributed by atoms with van der Waals surface area (Å²) in [5, 5.41) is 4.41. The number of hydrogen-bond acceptors (Lipinski definition) is 5. The Hall–Kier alpha value is -3.98. The van der Waals surface area contributed by atoms with E-state index in [1.807, 2.05) is 61.5 Å². The van der Waals surface area contributed by atoms with Gasteiger partial charge < -0.3 is 4.74 Å². The molecule has 200 valence electrons. The van der Waals surface area contributed by atoms with Gasteiger partial charge in [-0.1, -0.05) is 77.8 Å². The summed E-state index contributed by atoms with van der Waals surface area (Å²) in [6.07, 6.45) is 1.48. The largest absolute Gasteiger partial charge is 0.489 e. The highest BCUT2D eigenvalue weighted by atomic mass is 35.5. The molecule has 0 fully saturated rings. The minimum atomic E-state index is -3.99. The van der Waals surface area contributed by atoms with Crippen molar-refractivity contribution in [2.24, 2.45) is 5.10 Å². The van der Waals surface area contributed by atoms with Crippen LogP contribution in [0.1, 0.15) is 22.3 Å². The van der Waals surface area contributed by atoms with Gasteiger partial charge in [0.15, 0.2) is 0 Å². The number of hydrazone groups is 1. The summed E-state index contributed by atoms with van der Waals surface area (Å²) >= 11 is 6.28. The number of halogens is 1. The van der Waals surface area contributed by atoms with Crippen LogP contribution >= 0.6 is 11.6 Å². The fourth-order valence-corrected chi connectivity index (χ4v) is 5.24. The number of benzene rings is 4. The molecule has 9 heteroatoms. The molecule has 0 aliphatic rings. The van der Waals surface area contributed by atoms with Crippen molar-refractivity contribution in [1.29, 1.82) is 0 Å². The van der Waals surface area contributed by atoms with Crippen LogP contribution in [-0.2, 0) is 28.0 Å². The highest BCUT2D eigenvalue weighted by molar-refractivity contribution is 7.89. The van der Waals surface area contributed by atoms with Crippen LogP contribution in [0.5, 0.6) is 5.75 Å². The van der Waals surface area contributed by atoms with E-state index in [-0.39, 0.29) is 11.4 Å². The molecule has 0 spiro atoms. The van der Waals surface area contributed by atoms with Gasteiger partial charge in [-0.25, -0.2) is 13.8 Å². The summed E-state index contributed by atoms with van der Waals surface area (Å²) < 4.78 is 33.7. The zero-order chi connectivity index (χ0) is 27.7. The van der Waals surface area contributed by atoms with Crippen molar-refractivity contribution in [2.75, 3.05) is 6.54 Å². The summed E-state index contributed by atoms with van der Waals surface area (Å²) in [6, 6.07) is 30.5. The van der Waals surface area contributed by atoms with Gasteiger partial charge in [0.1, 0.15) is 12.4 Å². The standard InChI is InChI=1S/C30H28ClN3O4S/c1-23-11-17-28(18-12-23)39(36,37)34(20-26-9-5-6-10-29(26)31)21-30(35)33-32-19-24-13-15-27(16-14-24)38-22-25-7-3-2-4-8-25/h2-19H,20-22H2,1H3,(H,33,35)/b32-19-. The zero-order valence-corrected chi connectivity index (χ0v) is 22.9. The minimum absolute atomic E-state index is 0.0720. The molecule has 4 aromatic carbocycles. The molecule has 0 atom stereocenters. The Morgan fingerprint density at radius 3 is 2.28 bits per heavy atom. The fraction of sp³-hybridized carbons (Fsp3) is 0.133. The lowest BCUT2D eigenvalue weighted by molar-refractivity contribution is -0.121. The van der Waals surface area contributed by atoms with Crippen molar-refractivity contribution in [2.45, 2.75) is 25.0 Å². The highest BCUT2D eigenvalue weighted by Gasteiger charge is 2.27. The van der Waals surface area contributed by atoms with Crippen LogP contribution in [0.4, 0.5) is 0 Å². The number of sulfonamides is 1. The van der Waals surface area contributed by atoms with E-state index >= 15 is 0 Å². The van der Waals surface area contributed by atoms with Crippen molar-refractivity contribution in [1.82, 2.24) is 9.73 Å². The molecular weight excluding hydrogens is 534 g/mol. The van der Waals surface area contributed by atoms with Gasteiger partial charge in [-0.05, 0) is 66.1 Å². The number of hydrogen-bond donors (Lipinski definition) is 1. The Labute approximate surface area is 233 Å². The second-order valence-corrected chi connectivity index (χ2v) is 11.2. The molecule has 7 nitrogen and oxygen atoms in total. The quantitative estimate of drug-likeness (QED) is 0.192. The van der Waals surface area contributed by atoms with Crippen molar-refractivity contribution < 1.29 is 17.9 Å². The molecular formula is C30H28ClN3O4S. The van der Waals surface area contributed by atoms with Crippen LogP contribution in [0, 0.1) is 6.92 Å². The lowest BCUT2D eigenvalue weighted by atomic mass is 10.2. The zero-order valence-electron chi connectivity index (χ0n) is 21.3. The first-order valence-corrected chi connectivity index (χ1v) is 14.0. The van der Waals surface area contributed by atoms with E-state index in [9.17, 15) is 13.2 Å². The van der Waals surface area contributed by atoms with Crippen molar-refractivity contribution in [3.63, 3.8) is 0 Å². The number of aryl methyl sites for hydroxylation is 1. The third-order valence-corrected chi connectivity index (χ3v) is 7.99. The number of rotatable bonds is 11. The van der Waals surface area contributed by atoms with Gasteiger partial charge in [0.05, 0.1) is 17.7 Å². The van der Waals surface area contributed by atoms with Crippen molar-refractivity contribution in [3.05, 3.63) is 130 Å². The predicted molar refractivity (Wildman–Crippen MR) is 153 cm³/mol. The third kappa shape index (κ3) is 8.00. The monoisotopic (exact) mass is 561 g/mol. The van der Waals surface area contributed by atoms with Crippen LogP contribution in [0.2, 0.25) is 5.02 Å². The average Bonchev–Trinajstić information content (AvgIpc) is 2.94. The maximum Gasteiger partial charge on any atom is 0.255 e. The Morgan fingerprint density at radius 1 is 0.923 bits per heavy atom. The fourth-order valence-electron chi connectivity index (χ4n) is 3.67. The summed E-state index contributed by atoms with van der Waals surface area (Å²) in [5.74, 6) is 0.119. The second kappa shape index (κ2) is 13.2. The first kappa shape index (κ1) is 28.0. The van der Waals surface area contributed by atoms with Gasteiger partial charge in [-0.2, -0.15) is 9.41 Å². The smallest absolute Gasteiger partial charge is 0.255 e. The number of amides is 1. The summed E-state index contributed by atoms with van der Waals surface area (Å²) in [4.78, 5) is 12.8. The molecule has 1 N–H and O–H groups in total. The molecule has 0 aliphatic heterocycles. The maximum absolute atomic E-state index is 13.4. The molecule has 0 unspecified atom stereocenters. The lowest BCUT2D eigenvalue weighted by Crippen LogP contribution is -2.39. The molecule has 4 rings (SSSR count). The number of ether oxygens (including phenoxy) is 1. The Bertz CT molecular complexity index is 1520. The molecule has 0 heterocycles. The SMILES string of the molecule is Cc1ccc(S(=O)(=O)N(CC(=O)N/N=C\c2ccc(OCc3ccccc3)cc2)Cc2ccccc2Cl)cc1. The predicted octanol–water partition coefficient (Wildman–Crippen LogP) is 5.57. The van der Waals surface area contributed by atoms with E-state index in [1.54, 1.807) is 36.4 Å². The van der Waals surface area contributed by atoms with Crippen molar-refractivity contribution >= 4 is 33.7 Å². The normalized spacial score (nSPS) is 11.6. The van der Waals surface area contributed by atoms with E-state index in [1.165, 1.54) is 18.3 Å². The van der Waals surface area contributed by atoms with E-state index < -0.39 is 22.5 Å². The lowest BCUT2D eigenvalue weighted by Gasteiger charge is -2.22. The molecule has 39 heavy (non-hydrogen) atoms. The van der Waals surface area contributed by atoms with Gasteiger partial charge in [0, 0.05) is 11.6 Å². The van der Waals surface area contributed by atoms with Gasteiger partial charge in [0.2, 0.25) is 10.0 Å². The van der Waals surface area contributed by atoms with E-state index in [0.29, 0.717) is 22.9 Å². The van der Waals surface area contributed by atoms with Gasteiger partial charge in [0.25, 0.3) is 5.91 Å². The van der Waals surface area contributed by atoms with Gasteiger partial charge >= 0.3 is 0 Å². The van der Waals surface area contributed by atoms with Crippen LogP contribution in [0.25, 0.3) is 0 Å². The first-order chi connectivity index (χ1) is 18.8. The third-order valence-electron chi connectivity index (χ3n) is 5.81. The molecule has 0 radical (unpaired) electrons. The molecule has 1 amide bonds. The molecule has 0 saturated carbocycles. The molecule has 0 bridgehead atoms. The van der Waals surface area contributed by atoms with Gasteiger partial charge in [-0.15, -0.1) is 0 Å². The Balaban J connectivity index is 1.40. The second-order valence-electron chi connectivity index (χ2n) is 8.81. The Morgan fingerprint density at radius 2 is 1.59 bits per heavy atom. The number of nitrogens with zero attached hydrogens (tertiary/aromatic N) is 2.